The molecule has 1 aromatic rings. The van der Waals surface area contributed by atoms with Crippen molar-refractivity contribution in [3.05, 3.63) is 101 Å². The second-order valence-corrected chi connectivity index (χ2v) is 10.3. The van der Waals surface area contributed by atoms with Crippen molar-refractivity contribution in [3.63, 3.8) is 0 Å². The minimum atomic E-state index is 0.491. The number of allylic oxidation sites excluding steroid dienone is 9. The molecule has 228 valence electrons. The van der Waals surface area contributed by atoms with E-state index in [0.29, 0.717) is 5.41 Å². The first-order chi connectivity index (χ1) is 19.1. The van der Waals surface area contributed by atoms with Crippen LogP contribution in [-0.4, -0.2) is 0 Å². The molecule has 0 amide bonds. The van der Waals surface area contributed by atoms with Crippen molar-refractivity contribution in [3.8, 4) is 0 Å². The van der Waals surface area contributed by atoms with Gasteiger partial charge in [-0.25, -0.2) is 0 Å². The van der Waals surface area contributed by atoms with E-state index in [0.717, 1.165) is 12.8 Å². The monoisotopic (exact) mass is 549 g/mol. The summed E-state index contributed by atoms with van der Waals surface area (Å²) in [4.78, 5) is 0. The molecule has 0 spiro atoms. The Labute approximate surface area is 253 Å². The lowest BCUT2D eigenvalue weighted by Crippen LogP contribution is -2.17. The summed E-state index contributed by atoms with van der Waals surface area (Å²) in [6.07, 6.45) is 17.8. The van der Waals surface area contributed by atoms with Crippen molar-refractivity contribution < 1.29 is 0 Å². The van der Waals surface area contributed by atoms with E-state index in [4.69, 9.17) is 0 Å². The number of hydrogen-bond acceptors (Lipinski definition) is 0. The van der Waals surface area contributed by atoms with Crippen LogP contribution in [0.1, 0.15) is 144 Å². The molecule has 40 heavy (non-hydrogen) atoms. The van der Waals surface area contributed by atoms with E-state index >= 15 is 0 Å². The zero-order valence-electron chi connectivity index (χ0n) is 29.3. The summed E-state index contributed by atoms with van der Waals surface area (Å²) in [5, 5.41) is 0. The van der Waals surface area contributed by atoms with Crippen molar-refractivity contribution in [2.45, 2.75) is 141 Å². The van der Waals surface area contributed by atoms with Crippen molar-refractivity contribution in [1.29, 1.82) is 0 Å². The van der Waals surface area contributed by atoms with Crippen LogP contribution in [0, 0.1) is 19.3 Å². The molecule has 0 aliphatic heterocycles. The first-order valence-electron chi connectivity index (χ1n) is 16.2. The SMILES string of the molecule is C=C/C=C/C(=C)CCCC1(CCC)CC(C)=C(C=C)C1.CC.CC.CC.CCC(=C(C)C)c1cccc(C)c1C. The zero-order valence-corrected chi connectivity index (χ0v) is 29.3. The van der Waals surface area contributed by atoms with Crippen LogP contribution in [0.25, 0.3) is 5.57 Å². The Hall–Kier alpha value is -2.34. The highest BCUT2D eigenvalue weighted by atomic mass is 14.4. The standard InChI is InChI=1S/C20H30.C14H20.3C2H6/c1-6-9-11-17(4)12-10-14-20(13-7-2)15-18(5)19(8-3)16-20;1-6-13(10(2)3)14-9-7-8-11(4)12(14)5;3*1-2/h6,8-9,11H,1,3-4,7,10,12-16H2,2,5H3;7-9H,6H2,1-5H3;3*1-2H3/b11-9+;;;;. The lowest BCUT2D eigenvalue weighted by atomic mass is 9.75. The van der Waals surface area contributed by atoms with E-state index in [1.807, 2.05) is 53.7 Å². The van der Waals surface area contributed by atoms with Crippen LogP contribution in [-0.2, 0) is 0 Å². The molecule has 1 atom stereocenters. The Morgan fingerprint density at radius 3 is 1.95 bits per heavy atom. The molecule has 0 saturated heterocycles. The molecule has 0 heteroatoms. The minimum Gasteiger partial charge on any atom is -0.0991 e. The van der Waals surface area contributed by atoms with Gasteiger partial charge in [-0.15, -0.1) is 0 Å². The first kappa shape index (κ1) is 42.1. The van der Waals surface area contributed by atoms with Gasteiger partial charge in [-0.1, -0.05) is 141 Å². The van der Waals surface area contributed by atoms with E-state index < -0.39 is 0 Å². The number of hydrogen-bond donors (Lipinski definition) is 0. The molecule has 0 saturated carbocycles. The molecular formula is C40H68. The van der Waals surface area contributed by atoms with Crippen LogP contribution in [0.3, 0.4) is 0 Å². The second-order valence-electron chi connectivity index (χ2n) is 10.3. The van der Waals surface area contributed by atoms with Gasteiger partial charge in [0.15, 0.2) is 0 Å². The Morgan fingerprint density at radius 2 is 1.50 bits per heavy atom. The lowest BCUT2D eigenvalue weighted by Gasteiger charge is -2.29. The fraction of sp³-hybridized carbons (Fsp3) is 0.550. The highest BCUT2D eigenvalue weighted by molar-refractivity contribution is 5.71. The largest absolute Gasteiger partial charge is 0.0991 e. The fourth-order valence-corrected chi connectivity index (χ4v) is 5.42. The summed E-state index contributed by atoms with van der Waals surface area (Å²) in [7, 11) is 0. The minimum absolute atomic E-state index is 0.491. The molecule has 0 aromatic heterocycles. The first-order valence-corrected chi connectivity index (χ1v) is 16.2. The third-order valence-electron chi connectivity index (χ3n) is 7.34. The second kappa shape index (κ2) is 25.6. The van der Waals surface area contributed by atoms with Gasteiger partial charge < -0.3 is 0 Å². The Kier molecular flexibility index (Phi) is 27.0. The molecule has 1 aliphatic carbocycles. The van der Waals surface area contributed by atoms with Crippen LogP contribution in [0.2, 0.25) is 0 Å². The van der Waals surface area contributed by atoms with Gasteiger partial charge in [-0.2, -0.15) is 0 Å². The molecular weight excluding hydrogens is 480 g/mol. The molecule has 0 bridgehead atoms. The molecule has 2 rings (SSSR count). The quantitative estimate of drug-likeness (QED) is 0.241. The predicted octanol–water partition coefficient (Wildman–Crippen LogP) is 14.1. The fourth-order valence-electron chi connectivity index (χ4n) is 5.42. The lowest BCUT2D eigenvalue weighted by molar-refractivity contribution is 0.245. The van der Waals surface area contributed by atoms with Crippen LogP contribution in [0.15, 0.2) is 84.5 Å². The molecule has 1 unspecified atom stereocenters. The summed E-state index contributed by atoms with van der Waals surface area (Å²) >= 11 is 0. The average Bonchev–Trinajstić information content (AvgIpc) is 3.28. The molecule has 0 heterocycles. The molecule has 1 aromatic carbocycles. The van der Waals surface area contributed by atoms with Crippen LogP contribution in [0.4, 0.5) is 0 Å². The smallest absolute Gasteiger partial charge is 0.0193 e. The number of benzene rings is 1. The summed E-state index contributed by atoms with van der Waals surface area (Å²) in [6, 6.07) is 6.56. The third kappa shape index (κ3) is 15.4. The highest BCUT2D eigenvalue weighted by Crippen LogP contribution is 2.49. The van der Waals surface area contributed by atoms with Crippen LogP contribution < -0.4 is 0 Å². The molecule has 0 N–H and O–H groups in total. The average molecular weight is 549 g/mol. The Morgan fingerprint density at radius 1 is 0.900 bits per heavy atom. The Balaban J connectivity index is -0.000000598. The predicted molar refractivity (Wildman–Crippen MR) is 190 cm³/mol. The number of aryl methyl sites for hydroxylation is 1. The van der Waals surface area contributed by atoms with E-state index in [-0.39, 0.29) is 0 Å². The van der Waals surface area contributed by atoms with Crippen molar-refractivity contribution >= 4 is 5.57 Å². The van der Waals surface area contributed by atoms with Gasteiger partial charge in [0.2, 0.25) is 0 Å². The summed E-state index contributed by atoms with van der Waals surface area (Å²) < 4.78 is 0. The summed E-state index contributed by atoms with van der Waals surface area (Å²) in [5.41, 5.74) is 11.9. The van der Waals surface area contributed by atoms with Gasteiger partial charge in [0.25, 0.3) is 0 Å². The van der Waals surface area contributed by atoms with Gasteiger partial charge in [0.05, 0.1) is 0 Å². The summed E-state index contributed by atoms with van der Waals surface area (Å²) in [6.45, 7) is 39.4. The van der Waals surface area contributed by atoms with Gasteiger partial charge in [0, 0.05) is 0 Å². The van der Waals surface area contributed by atoms with Gasteiger partial charge >= 0.3 is 0 Å². The maximum absolute atomic E-state index is 4.11. The van der Waals surface area contributed by atoms with Crippen LogP contribution in [0.5, 0.6) is 0 Å². The van der Waals surface area contributed by atoms with Crippen molar-refractivity contribution in [1.82, 2.24) is 0 Å². The topological polar surface area (TPSA) is 0 Å². The van der Waals surface area contributed by atoms with Gasteiger partial charge in [-0.05, 0) is 113 Å². The van der Waals surface area contributed by atoms with Gasteiger partial charge in [-0.3, -0.25) is 0 Å². The molecule has 0 fully saturated rings. The normalized spacial score (nSPS) is 15.2. The van der Waals surface area contributed by atoms with E-state index in [9.17, 15) is 0 Å². The van der Waals surface area contributed by atoms with Gasteiger partial charge in [0.1, 0.15) is 0 Å². The molecule has 1 aliphatic rings. The Bertz CT molecular complexity index is 927. The maximum atomic E-state index is 4.11. The van der Waals surface area contributed by atoms with E-state index in [1.165, 1.54) is 77.5 Å². The molecule has 0 nitrogen and oxygen atoms in total. The summed E-state index contributed by atoms with van der Waals surface area (Å²) in [5.74, 6) is 0. The number of rotatable bonds is 11. The zero-order chi connectivity index (χ0) is 31.7. The third-order valence-corrected chi connectivity index (χ3v) is 7.34. The van der Waals surface area contributed by atoms with E-state index in [1.54, 1.807) is 5.57 Å². The van der Waals surface area contributed by atoms with E-state index in [2.05, 4.69) is 98.6 Å². The van der Waals surface area contributed by atoms with Crippen molar-refractivity contribution in [2.24, 2.45) is 5.41 Å². The highest BCUT2D eigenvalue weighted by Gasteiger charge is 2.34. The van der Waals surface area contributed by atoms with Crippen LogP contribution >= 0.6 is 0 Å². The molecule has 0 radical (unpaired) electrons. The maximum Gasteiger partial charge on any atom is -0.0193 e. The van der Waals surface area contributed by atoms with Crippen molar-refractivity contribution in [2.75, 3.05) is 0 Å².